The van der Waals surface area contributed by atoms with Crippen LogP contribution in [0.25, 0.3) is 0 Å². The third-order valence-electron chi connectivity index (χ3n) is 3.74. The summed E-state index contributed by atoms with van der Waals surface area (Å²) in [6.45, 7) is 9.75. The molecule has 1 saturated heterocycles. The van der Waals surface area contributed by atoms with Gasteiger partial charge < -0.3 is 9.80 Å². The second-order valence-electron chi connectivity index (χ2n) is 5.31. The van der Waals surface area contributed by atoms with E-state index in [1.54, 1.807) is 0 Å². The highest BCUT2D eigenvalue weighted by atomic mass is 33.1. The fourth-order valence-corrected chi connectivity index (χ4v) is 3.48. The molecule has 1 heterocycles. The van der Waals surface area contributed by atoms with E-state index in [9.17, 15) is 0 Å². The Hall–Kier alpha value is 0.620. The van der Waals surface area contributed by atoms with Gasteiger partial charge in [0.1, 0.15) is 0 Å². The first kappa shape index (κ1) is 15.7. The van der Waals surface area contributed by atoms with Crippen molar-refractivity contribution in [2.45, 2.75) is 32.7 Å². The van der Waals surface area contributed by atoms with Gasteiger partial charge in [0.2, 0.25) is 0 Å². The topological polar surface area (TPSA) is 6.48 Å². The zero-order chi connectivity index (χ0) is 12.7. The van der Waals surface area contributed by atoms with Crippen LogP contribution in [0.3, 0.4) is 0 Å². The van der Waals surface area contributed by atoms with E-state index >= 15 is 0 Å². The zero-order valence-electron chi connectivity index (χ0n) is 11.8. The standard InChI is InChI=1S/C13H28N2S2/c1-12(2)14(3)11-13-5-7-15(8-6-13)9-10-17-16-4/h12-13H,5-11H2,1-4H3. The van der Waals surface area contributed by atoms with Crippen LogP contribution in [0.2, 0.25) is 0 Å². The molecule has 0 aromatic carbocycles. The number of hydrogen-bond donors (Lipinski definition) is 0. The summed E-state index contributed by atoms with van der Waals surface area (Å²) >= 11 is 0. The van der Waals surface area contributed by atoms with Crippen molar-refractivity contribution in [3.05, 3.63) is 0 Å². The minimum absolute atomic E-state index is 0.686. The van der Waals surface area contributed by atoms with Crippen LogP contribution in [0.5, 0.6) is 0 Å². The van der Waals surface area contributed by atoms with Crippen LogP contribution in [0.1, 0.15) is 26.7 Å². The molecular weight excluding hydrogens is 248 g/mol. The Bertz CT molecular complexity index is 192. The lowest BCUT2D eigenvalue weighted by Gasteiger charge is -2.34. The molecule has 2 nitrogen and oxygen atoms in total. The lowest BCUT2D eigenvalue weighted by Crippen LogP contribution is -2.40. The zero-order valence-corrected chi connectivity index (χ0v) is 13.4. The molecule has 0 aliphatic carbocycles. The van der Waals surface area contributed by atoms with Crippen LogP contribution >= 0.6 is 21.6 Å². The second kappa shape index (κ2) is 8.68. The van der Waals surface area contributed by atoms with Crippen LogP contribution in [0, 0.1) is 5.92 Å². The summed E-state index contributed by atoms with van der Waals surface area (Å²) in [5.41, 5.74) is 0. The van der Waals surface area contributed by atoms with E-state index in [4.69, 9.17) is 0 Å². The van der Waals surface area contributed by atoms with Gasteiger partial charge in [-0.05, 0) is 59.0 Å². The first-order valence-electron chi connectivity index (χ1n) is 6.71. The molecule has 0 spiro atoms. The molecule has 0 aromatic heterocycles. The first-order chi connectivity index (χ1) is 8.13. The van der Waals surface area contributed by atoms with E-state index < -0.39 is 0 Å². The Labute approximate surface area is 115 Å². The van der Waals surface area contributed by atoms with Crippen molar-refractivity contribution in [3.8, 4) is 0 Å². The van der Waals surface area contributed by atoms with Gasteiger partial charge in [-0.1, -0.05) is 21.6 Å². The highest BCUT2D eigenvalue weighted by Crippen LogP contribution is 2.21. The Morgan fingerprint density at radius 2 is 1.94 bits per heavy atom. The average Bonchev–Trinajstić information content (AvgIpc) is 2.31. The van der Waals surface area contributed by atoms with Crippen molar-refractivity contribution in [1.29, 1.82) is 0 Å². The molecule has 0 N–H and O–H groups in total. The molecule has 4 heteroatoms. The van der Waals surface area contributed by atoms with Crippen molar-refractivity contribution < 1.29 is 0 Å². The molecule has 1 fully saturated rings. The van der Waals surface area contributed by atoms with Gasteiger partial charge in [0, 0.05) is 24.9 Å². The van der Waals surface area contributed by atoms with Crippen LogP contribution in [0.4, 0.5) is 0 Å². The molecular formula is C13H28N2S2. The maximum absolute atomic E-state index is 2.63. The highest BCUT2D eigenvalue weighted by Gasteiger charge is 2.20. The Morgan fingerprint density at radius 3 is 2.47 bits per heavy atom. The summed E-state index contributed by atoms with van der Waals surface area (Å²) in [7, 11) is 6.13. The molecule has 1 aliphatic heterocycles. The summed E-state index contributed by atoms with van der Waals surface area (Å²) in [4.78, 5) is 5.12. The number of likely N-dealkylation sites (tertiary alicyclic amines) is 1. The van der Waals surface area contributed by atoms with Gasteiger partial charge in [0.15, 0.2) is 0 Å². The molecule has 0 unspecified atom stereocenters. The Balaban J connectivity index is 2.13. The number of nitrogens with zero attached hydrogens (tertiary/aromatic N) is 2. The molecule has 0 saturated carbocycles. The van der Waals surface area contributed by atoms with Crippen molar-refractivity contribution in [2.24, 2.45) is 5.92 Å². The van der Waals surface area contributed by atoms with Crippen molar-refractivity contribution in [2.75, 3.05) is 45.2 Å². The lowest BCUT2D eigenvalue weighted by atomic mass is 9.96. The van der Waals surface area contributed by atoms with E-state index in [1.807, 2.05) is 21.6 Å². The quantitative estimate of drug-likeness (QED) is 0.520. The van der Waals surface area contributed by atoms with E-state index in [0.717, 1.165) is 5.92 Å². The van der Waals surface area contributed by atoms with Crippen molar-refractivity contribution >= 4 is 21.6 Å². The van der Waals surface area contributed by atoms with E-state index in [0.29, 0.717) is 6.04 Å². The smallest absolute Gasteiger partial charge is 0.0165 e. The van der Waals surface area contributed by atoms with Gasteiger partial charge in [-0.15, -0.1) is 0 Å². The second-order valence-corrected chi connectivity index (χ2v) is 7.99. The van der Waals surface area contributed by atoms with Crippen molar-refractivity contribution in [1.82, 2.24) is 9.80 Å². The summed E-state index contributed by atoms with van der Waals surface area (Å²) in [6.07, 6.45) is 4.95. The number of piperidine rings is 1. The van der Waals surface area contributed by atoms with Crippen LogP contribution < -0.4 is 0 Å². The van der Waals surface area contributed by atoms with E-state index in [2.05, 4.69) is 37.0 Å². The maximum atomic E-state index is 2.63. The van der Waals surface area contributed by atoms with E-state index in [1.165, 1.54) is 44.8 Å². The van der Waals surface area contributed by atoms with Crippen LogP contribution in [-0.2, 0) is 0 Å². The number of hydrogen-bond acceptors (Lipinski definition) is 4. The van der Waals surface area contributed by atoms with E-state index in [-0.39, 0.29) is 0 Å². The molecule has 17 heavy (non-hydrogen) atoms. The molecule has 0 aromatic rings. The minimum atomic E-state index is 0.686. The largest absolute Gasteiger partial charge is 0.304 e. The fraction of sp³-hybridized carbons (Fsp3) is 1.00. The van der Waals surface area contributed by atoms with Gasteiger partial charge in [-0.3, -0.25) is 0 Å². The summed E-state index contributed by atoms with van der Waals surface area (Å²) in [6, 6.07) is 0.686. The SMILES string of the molecule is CSSCCN1CCC(CN(C)C(C)C)CC1. The average molecular weight is 277 g/mol. The fourth-order valence-electron chi connectivity index (χ4n) is 2.26. The van der Waals surface area contributed by atoms with Gasteiger partial charge in [-0.25, -0.2) is 0 Å². The summed E-state index contributed by atoms with van der Waals surface area (Å²) < 4.78 is 0. The molecule has 102 valence electrons. The Kier molecular flexibility index (Phi) is 8.00. The minimum Gasteiger partial charge on any atom is -0.304 e. The van der Waals surface area contributed by atoms with Crippen molar-refractivity contribution in [3.63, 3.8) is 0 Å². The molecule has 0 atom stereocenters. The van der Waals surface area contributed by atoms with Crippen LogP contribution in [0.15, 0.2) is 0 Å². The molecule has 1 aliphatic rings. The normalized spacial score (nSPS) is 19.4. The van der Waals surface area contributed by atoms with Gasteiger partial charge >= 0.3 is 0 Å². The third kappa shape index (κ3) is 6.37. The highest BCUT2D eigenvalue weighted by molar-refractivity contribution is 8.76. The first-order valence-corrected chi connectivity index (χ1v) is 9.44. The van der Waals surface area contributed by atoms with Gasteiger partial charge in [0.25, 0.3) is 0 Å². The molecule has 0 radical (unpaired) electrons. The number of rotatable bonds is 7. The maximum Gasteiger partial charge on any atom is 0.0165 e. The van der Waals surface area contributed by atoms with Gasteiger partial charge in [-0.2, -0.15) is 0 Å². The molecule has 0 amide bonds. The van der Waals surface area contributed by atoms with Crippen LogP contribution in [-0.4, -0.2) is 61.1 Å². The monoisotopic (exact) mass is 276 g/mol. The molecule has 0 bridgehead atoms. The summed E-state index contributed by atoms with van der Waals surface area (Å²) in [5, 5.41) is 0. The third-order valence-corrected chi connectivity index (χ3v) is 5.54. The van der Waals surface area contributed by atoms with Gasteiger partial charge in [0.05, 0.1) is 0 Å². The predicted molar refractivity (Wildman–Crippen MR) is 82.9 cm³/mol. The molecule has 1 rings (SSSR count). The Morgan fingerprint density at radius 1 is 1.29 bits per heavy atom. The lowest BCUT2D eigenvalue weighted by molar-refractivity contribution is 0.147. The summed E-state index contributed by atoms with van der Waals surface area (Å²) in [5.74, 6) is 2.20. The predicted octanol–water partition coefficient (Wildman–Crippen LogP) is 3.05.